The lowest BCUT2D eigenvalue weighted by molar-refractivity contribution is -0.119. The lowest BCUT2D eigenvalue weighted by atomic mass is 10.0. The number of aromatic nitrogens is 2. The van der Waals surface area contributed by atoms with E-state index < -0.39 is 0 Å². The first-order valence-electron chi connectivity index (χ1n) is 9.20. The number of anilines is 1. The highest BCUT2D eigenvalue weighted by Crippen LogP contribution is 2.32. The van der Waals surface area contributed by atoms with Gasteiger partial charge in [-0.2, -0.15) is 0 Å². The van der Waals surface area contributed by atoms with Crippen molar-refractivity contribution in [3.8, 4) is 5.75 Å². The first-order valence-corrected chi connectivity index (χ1v) is 9.20. The van der Waals surface area contributed by atoms with Crippen molar-refractivity contribution in [3.63, 3.8) is 0 Å². The van der Waals surface area contributed by atoms with Crippen LogP contribution >= 0.6 is 0 Å². The molecule has 6 heteroatoms. The van der Waals surface area contributed by atoms with E-state index in [1.54, 1.807) is 12.0 Å². The number of hydrogen-bond acceptors (Lipinski definition) is 5. The van der Waals surface area contributed by atoms with E-state index in [1.165, 1.54) is 0 Å². The van der Waals surface area contributed by atoms with Crippen LogP contribution in [0.3, 0.4) is 0 Å². The number of para-hydroxylation sites is 1. The molecule has 26 heavy (non-hydrogen) atoms. The summed E-state index contributed by atoms with van der Waals surface area (Å²) in [5.74, 6) is 2.46. The lowest BCUT2D eigenvalue weighted by Gasteiger charge is -2.30. The number of rotatable bonds is 4. The van der Waals surface area contributed by atoms with Crippen molar-refractivity contribution < 1.29 is 9.53 Å². The molecule has 1 aromatic carbocycles. The van der Waals surface area contributed by atoms with Crippen LogP contribution in [0.15, 0.2) is 24.3 Å². The average molecular weight is 352 g/mol. The summed E-state index contributed by atoms with van der Waals surface area (Å²) in [6, 6.07) is 8.00. The topological polar surface area (TPSA) is 67.3 Å². The van der Waals surface area contributed by atoms with Crippen LogP contribution in [0.5, 0.6) is 5.75 Å². The van der Waals surface area contributed by atoms with Gasteiger partial charge < -0.3 is 10.1 Å². The summed E-state index contributed by atoms with van der Waals surface area (Å²) in [6.45, 7) is 3.48. The van der Waals surface area contributed by atoms with Crippen molar-refractivity contribution in [1.29, 1.82) is 0 Å². The van der Waals surface area contributed by atoms with Gasteiger partial charge in [-0.1, -0.05) is 18.2 Å². The van der Waals surface area contributed by atoms with Gasteiger partial charge in [0.1, 0.15) is 17.4 Å². The molecular weight excluding hydrogens is 328 g/mol. The van der Waals surface area contributed by atoms with Crippen LogP contribution in [0.4, 0.5) is 5.82 Å². The lowest BCUT2D eigenvalue weighted by Crippen LogP contribution is -2.36. The number of carbonyl (C=O) groups excluding carboxylic acids is 1. The number of methoxy groups -OCH3 is 1. The maximum Gasteiger partial charge on any atom is 0.228 e. The molecule has 2 aromatic rings. The van der Waals surface area contributed by atoms with Crippen molar-refractivity contribution in [1.82, 2.24) is 15.3 Å². The Balaban J connectivity index is 1.73. The minimum absolute atomic E-state index is 0.104. The van der Waals surface area contributed by atoms with E-state index in [-0.39, 0.29) is 11.9 Å². The first-order chi connectivity index (χ1) is 12.7. The third kappa shape index (κ3) is 3.05. The molecule has 1 fully saturated rings. The van der Waals surface area contributed by atoms with Crippen molar-refractivity contribution in [2.45, 2.75) is 45.2 Å². The van der Waals surface area contributed by atoms with Crippen molar-refractivity contribution in [2.24, 2.45) is 0 Å². The van der Waals surface area contributed by atoms with Crippen molar-refractivity contribution in [2.75, 3.05) is 18.6 Å². The minimum atomic E-state index is 0.104. The van der Waals surface area contributed by atoms with Crippen LogP contribution in [0, 0.1) is 6.92 Å². The summed E-state index contributed by atoms with van der Waals surface area (Å²) in [5.41, 5.74) is 3.05. The van der Waals surface area contributed by atoms with Crippen LogP contribution in [0.1, 0.15) is 47.9 Å². The average Bonchev–Trinajstić information content (AvgIpc) is 3.19. The second-order valence-corrected chi connectivity index (χ2v) is 6.91. The number of nitrogens with zero attached hydrogens (tertiary/aromatic N) is 3. The maximum absolute atomic E-state index is 12.7. The van der Waals surface area contributed by atoms with Gasteiger partial charge in [0, 0.05) is 23.2 Å². The summed E-state index contributed by atoms with van der Waals surface area (Å²) >= 11 is 0. The summed E-state index contributed by atoms with van der Waals surface area (Å²) in [7, 11) is 1.65. The molecule has 0 radical (unpaired) electrons. The van der Waals surface area contributed by atoms with Gasteiger partial charge in [0.05, 0.1) is 19.7 Å². The third-order valence-corrected chi connectivity index (χ3v) is 5.25. The number of amides is 1. The van der Waals surface area contributed by atoms with Gasteiger partial charge in [0.2, 0.25) is 5.91 Å². The summed E-state index contributed by atoms with van der Waals surface area (Å²) in [6.07, 6.45) is 3.38. The highest BCUT2D eigenvalue weighted by atomic mass is 16.5. The van der Waals surface area contributed by atoms with Gasteiger partial charge in [0.25, 0.3) is 0 Å². The van der Waals surface area contributed by atoms with Gasteiger partial charge >= 0.3 is 0 Å². The standard InChI is InChI=1S/C20H24N4O2/c1-13-15-9-10-18(25)24(12-14-6-3-4-8-17(14)26-2)20(15)23-19(22-13)16-7-5-11-21-16/h3-4,6,8,16,21H,5,7,9-12H2,1-2H3. The Bertz CT molecular complexity index is 831. The molecule has 2 aliphatic heterocycles. The van der Waals surface area contributed by atoms with E-state index in [0.29, 0.717) is 19.4 Å². The first kappa shape index (κ1) is 17.0. The van der Waals surface area contributed by atoms with Crippen LogP contribution in [0.2, 0.25) is 0 Å². The van der Waals surface area contributed by atoms with E-state index in [1.807, 2.05) is 31.2 Å². The van der Waals surface area contributed by atoms with Gasteiger partial charge in [-0.05, 0) is 38.8 Å². The summed E-state index contributed by atoms with van der Waals surface area (Å²) < 4.78 is 5.46. The number of carbonyl (C=O) groups is 1. The number of aryl methyl sites for hydroxylation is 1. The molecule has 1 unspecified atom stereocenters. The molecule has 1 N–H and O–H groups in total. The van der Waals surface area contributed by atoms with Crippen LogP contribution in [-0.4, -0.2) is 29.5 Å². The smallest absolute Gasteiger partial charge is 0.228 e. The molecule has 1 saturated heterocycles. The third-order valence-electron chi connectivity index (χ3n) is 5.25. The second kappa shape index (κ2) is 7.03. The summed E-state index contributed by atoms with van der Waals surface area (Å²) in [5, 5.41) is 3.45. The fourth-order valence-corrected chi connectivity index (χ4v) is 3.83. The number of benzene rings is 1. The highest BCUT2D eigenvalue weighted by Gasteiger charge is 2.30. The van der Waals surface area contributed by atoms with E-state index in [4.69, 9.17) is 14.7 Å². The second-order valence-electron chi connectivity index (χ2n) is 6.91. The van der Waals surface area contributed by atoms with Gasteiger partial charge in [-0.15, -0.1) is 0 Å². The van der Waals surface area contributed by atoms with Gasteiger partial charge in [0.15, 0.2) is 0 Å². The maximum atomic E-state index is 12.7. The normalized spacial score (nSPS) is 19.5. The molecule has 0 bridgehead atoms. The Hall–Kier alpha value is -2.47. The molecule has 1 atom stereocenters. The van der Waals surface area contributed by atoms with E-state index in [9.17, 15) is 4.79 Å². The van der Waals surface area contributed by atoms with Gasteiger partial charge in [-0.25, -0.2) is 9.97 Å². The van der Waals surface area contributed by atoms with Gasteiger partial charge in [-0.3, -0.25) is 9.69 Å². The van der Waals surface area contributed by atoms with E-state index in [2.05, 4.69) is 5.32 Å². The molecule has 1 amide bonds. The molecule has 0 spiro atoms. The molecule has 0 saturated carbocycles. The molecule has 136 valence electrons. The van der Waals surface area contributed by atoms with Crippen molar-refractivity contribution >= 4 is 11.7 Å². The number of hydrogen-bond donors (Lipinski definition) is 1. The summed E-state index contributed by atoms with van der Waals surface area (Å²) in [4.78, 5) is 24.1. The largest absolute Gasteiger partial charge is 0.496 e. The Morgan fingerprint density at radius 3 is 2.88 bits per heavy atom. The van der Waals surface area contributed by atoms with Crippen molar-refractivity contribution in [3.05, 3.63) is 46.9 Å². The Kier molecular flexibility index (Phi) is 4.59. The Morgan fingerprint density at radius 1 is 1.27 bits per heavy atom. The van der Waals surface area contributed by atoms with Crippen LogP contribution < -0.4 is 15.0 Å². The molecule has 4 rings (SSSR count). The molecule has 1 aromatic heterocycles. The zero-order valence-corrected chi connectivity index (χ0v) is 15.3. The quantitative estimate of drug-likeness (QED) is 0.916. The number of nitrogens with one attached hydrogen (secondary N) is 1. The Morgan fingerprint density at radius 2 is 2.12 bits per heavy atom. The predicted molar refractivity (Wildman–Crippen MR) is 99.3 cm³/mol. The number of fused-ring (bicyclic) bond motifs is 1. The molecular formula is C20H24N4O2. The zero-order chi connectivity index (χ0) is 18.1. The zero-order valence-electron chi connectivity index (χ0n) is 15.3. The van der Waals surface area contributed by atoms with Crippen LogP contribution in [0.25, 0.3) is 0 Å². The van der Waals surface area contributed by atoms with E-state index >= 15 is 0 Å². The predicted octanol–water partition coefficient (Wildman–Crippen LogP) is 2.70. The Labute approximate surface area is 153 Å². The monoisotopic (exact) mass is 352 g/mol. The fraction of sp³-hybridized carbons (Fsp3) is 0.450. The molecule has 6 nitrogen and oxygen atoms in total. The van der Waals surface area contributed by atoms with E-state index in [0.717, 1.165) is 53.6 Å². The molecule has 0 aliphatic carbocycles. The SMILES string of the molecule is COc1ccccc1CN1C(=O)CCc2c(C)nc(C3CCCN3)nc21. The minimum Gasteiger partial charge on any atom is -0.496 e. The fourth-order valence-electron chi connectivity index (χ4n) is 3.83. The van der Waals surface area contributed by atoms with Crippen LogP contribution in [-0.2, 0) is 17.8 Å². The molecule has 2 aliphatic rings. The highest BCUT2D eigenvalue weighted by molar-refractivity contribution is 5.95. The molecule has 3 heterocycles. The number of ether oxygens (including phenoxy) is 1.